The molecule has 5 nitrogen and oxygen atoms in total. The predicted molar refractivity (Wildman–Crippen MR) is 92.7 cm³/mol. The first-order valence-corrected chi connectivity index (χ1v) is 8.70. The molecule has 1 aromatic rings. The van der Waals surface area contributed by atoms with Gasteiger partial charge in [-0.2, -0.15) is 13.2 Å². The fraction of sp³-hybridized carbons (Fsp3) is 0.611. The van der Waals surface area contributed by atoms with Crippen molar-refractivity contribution in [2.75, 3.05) is 46.4 Å². The van der Waals surface area contributed by atoms with Gasteiger partial charge in [0.05, 0.1) is 0 Å². The molecule has 26 heavy (non-hydrogen) atoms. The summed E-state index contributed by atoms with van der Waals surface area (Å²) < 4.78 is 41.0. The van der Waals surface area contributed by atoms with Crippen LogP contribution in [0.25, 0.3) is 0 Å². The summed E-state index contributed by atoms with van der Waals surface area (Å²) in [6, 6.07) is 10.4. The number of alkyl halides is 3. The van der Waals surface area contributed by atoms with Gasteiger partial charge in [-0.1, -0.05) is 30.3 Å². The zero-order chi connectivity index (χ0) is 19.2. The number of piperazine rings is 1. The van der Waals surface area contributed by atoms with Crippen LogP contribution >= 0.6 is 0 Å². The van der Waals surface area contributed by atoms with E-state index in [9.17, 15) is 18.0 Å². The van der Waals surface area contributed by atoms with Gasteiger partial charge in [0.25, 0.3) is 0 Å². The minimum Gasteiger partial charge on any atom is -0.359 e. The Morgan fingerprint density at radius 3 is 2.65 bits per heavy atom. The number of rotatable bonds is 7. The highest BCUT2D eigenvalue weighted by molar-refractivity contribution is 5.80. The van der Waals surface area contributed by atoms with Gasteiger partial charge in [0.2, 0.25) is 5.91 Å². The summed E-state index contributed by atoms with van der Waals surface area (Å²) in [6.07, 6.45) is -5.56. The average molecular weight is 373 g/mol. The number of ether oxygens (including phenoxy) is 1. The average Bonchev–Trinajstić information content (AvgIpc) is 2.60. The lowest BCUT2D eigenvalue weighted by atomic mass is 10.0. The lowest BCUT2D eigenvalue weighted by Gasteiger charge is -2.40. The molecule has 1 aromatic carbocycles. The molecule has 1 aliphatic heterocycles. The number of carbonyl (C=O) groups excluding carboxylic acids is 1. The van der Waals surface area contributed by atoms with Gasteiger partial charge in [0.1, 0.15) is 12.7 Å². The molecule has 2 unspecified atom stereocenters. The van der Waals surface area contributed by atoms with Crippen LogP contribution in [-0.4, -0.2) is 74.4 Å². The molecule has 1 amide bonds. The van der Waals surface area contributed by atoms with E-state index in [1.54, 1.807) is 0 Å². The molecule has 1 N–H and O–H groups in total. The van der Waals surface area contributed by atoms with Crippen molar-refractivity contribution in [3.05, 3.63) is 35.9 Å². The highest BCUT2D eigenvalue weighted by Crippen LogP contribution is 2.24. The highest BCUT2D eigenvalue weighted by atomic mass is 19.4. The minimum absolute atomic E-state index is 0.228. The van der Waals surface area contributed by atoms with Gasteiger partial charge in [0, 0.05) is 38.8 Å². The monoisotopic (exact) mass is 373 g/mol. The summed E-state index contributed by atoms with van der Waals surface area (Å²) in [5.41, 5.74) is 1.22. The predicted octanol–water partition coefficient (Wildman–Crippen LogP) is 2.06. The minimum atomic E-state index is -4.43. The van der Waals surface area contributed by atoms with Crippen LogP contribution in [0, 0.1) is 0 Å². The number of nitrogens with zero attached hydrogens (tertiary/aromatic N) is 2. The van der Waals surface area contributed by atoms with Crippen LogP contribution in [0.3, 0.4) is 0 Å². The summed E-state index contributed by atoms with van der Waals surface area (Å²) >= 11 is 0. The molecule has 0 radical (unpaired) electrons. The Balaban J connectivity index is 1.82. The number of hydrogen-bond donors (Lipinski definition) is 1. The third kappa shape index (κ3) is 6.59. The molecule has 2 atom stereocenters. The molecule has 1 aliphatic rings. The Kier molecular flexibility index (Phi) is 7.43. The maximum Gasteiger partial charge on any atom is 0.411 e. The van der Waals surface area contributed by atoms with Crippen molar-refractivity contribution in [2.24, 2.45) is 0 Å². The third-order valence-electron chi connectivity index (χ3n) is 4.44. The molecular formula is C18H26F3N3O2. The molecular weight excluding hydrogens is 347 g/mol. The second kappa shape index (κ2) is 9.34. The zero-order valence-electron chi connectivity index (χ0n) is 15.1. The molecule has 0 aromatic heterocycles. The Labute approximate surface area is 152 Å². The molecule has 146 valence electrons. The van der Waals surface area contributed by atoms with Crippen molar-refractivity contribution in [2.45, 2.75) is 25.2 Å². The van der Waals surface area contributed by atoms with Crippen LogP contribution < -0.4 is 5.32 Å². The molecule has 0 saturated carbocycles. The van der Waals surface area contributed by atoms with Gasteiger partial charge in [-0.25, -0.2) is 0 Å². The van der Waals surface area contributed by atoms with Crippen LogP contribution in [-0.2, 0) is 9.53 Å². The van der Waals surface area contributed by atoms with Crippen molar-refractivity contribution in [3.63, 3.8) is 0 Å². The zero-order valence-corrected chi connectivity index (χ0v) is 15.1. The van der Waals surface area contributed by atoms with Crippen LogP contribution in [0.5, 0.6) is 0 Å². The van der Waals surface area contributed by atoms with Crippen LogP contribution in [0.2, 0.25) is 0 Å². The summed E-state index contributed by atoms with van der Waals surface area (Å²) in [7, 11) is 2.08. The Hall–Kier alpha value is -1.64. The number of hydrogen-bond acceptors (Lipinski definition) is 4. The molecule has 8 heteroatoms. The molecule has 0 bridgehead atoms. The number of nitrogens with one attached hydrogen (secondary N) is 1. The van der Waals surface area contributed by atoms with Gasteiger partial charge >= 0.3 is 6.18 Å². The van der Waals surface area contributed by atoms with Crippen molar-refractivity contribution >= 4 is 5.91 Å². The standard InChI is InChI=1S/C18H26F3N3O2/c1-14(26-13-18(19,20)21)17(25)22-8-9-24-11-10-23(2)12-16(24)15-6-4-3-5-7-15/h3-7,14,16H,8-13H2,1-2H3,(H,22,25). The van der Waals surface area contributed by atoms with Crippen molar-refractivity contribution in [1.82, 2.24) is 15.1 Å². The number of carbonyl (C=O) groups is 1. The first-order valence-electron chi connectivity index (χ1n) is 8.70. The second-order valence-electron chi connectivity index (χ2n) is 6.58. The largest absolute Gasteiger partial charge is 0.411 e. The van der Waals surface area contributed by atoms with Crippen LogP contribution in [0.1, 0.15) is 18.5 Å². The summed E-state index contributed by atoms with van der Waals surface area (Å²) in [4.78, 5) is 16.4. The highest BCUT2D eigenvalue weighted by Gasteiger charge is 2.30. The Bertz CT molecular complexity index is 569. The topological polar surface area (TPSA) is 44.8 Å². The van der Waals surface area contributed by atoms with E-state index in [-0.39, 0.29) is 6.04 Å². The summed E-state index contributed by atoms with van der Waals surface area (Å²) in [5.74, 6) is -0.528. The van der Waals surface area contributed by atoms with Crippen LogP contribution in [0.15, 0.2) is 30.3 Å². The fourth-order valence-corrected chi connectivity index (χ4v) is 2.98. The van der Waals surface area contributed by atoms with Crippen molar-refractivity contribution < 1.29 is 22.7 Å². The van der Waals surface area contributed by atoms with E-state index in [0.717, 1.165) is 19.6 Å². The van der Waals surface area contributed by atoms with Crippen molar-refractivity contribution in [3.8, 4) is 0 Å². The lowest BCUT2D eigenvalue weighted by Crippen LogP contribution is -2.49. The quantitative estimate of drug-likeness (QED) is 0.795. The summed E-state index contributed by atoms with van der Waals surface area (Å²) in [6.45, 7) is 3.59. The van der Waals surface area contributed by atoms with E-state index >= 15 is 0 Å². The SMILES string of the molecule is CC(OCC(F)(F)F)C(=O)NCCN1CCN(C)CC1c1ccccc1. The maximum absolute atomic E-state index is 12.1. The number of amides is 1. The van der Waals surface area contributed by atoms with Gasteiger partial charge < -0.3 is 15.0 Å². The van der Waals surface area contributed by atoms with E-state index in [1.165, 1.54) is 12.5 Å². The lowest BCUT2D eigenvalue weighted by molar-refractivity contribution is -0.185. The molecule has 0 aliphatic carbocycles. The number of halogens is 3. The van der Waals surface area contributed by atoms with E-state index in [0.29, 0.717) is 13.1 Å². The normalized spacial score (nSPS) is 20.7. The molecule has 2 rings (SSSR count). The van der Waals surface area contributed by atoms with E-state index in [4.69, 9.17) is 0 Å². The van der Waals surface area contributed by atoms with Gasteiger partial charge in [-0.05, 0) is 19.5 Å². The van der Waals surface area contributed by atoms with E-state index in [2.05, 4.69) is 39.0 Å². The molecule has 0 spiro atoms. The van der Waals surface area contributed by atoms with Gasteiger partial charge in [-0.15, -0.1) is 0 Å². The first-order chi connectivity index (χ1) is 12.3. The smallest absolute Gasteiger partial charge is 0.359 e. The van der Waals surface area contributed by atoms with Gasteiger partial charge in [-0.3, -0.25) is 9.69 Å². The maximum atomic E-state index is 12.1. The van der Waals surface area contributed by atoms with Crippen LogP contribution in [0.4, 0.5) is 13.2 Å². The molecule has 1 saturated heterocycles. The van der Waals surface area contributed by atoms with Crippen molar-refractivity contribution in [1.29, 1.82) is 0 Å². The number of benzene rings is 1. The Morgan fingerprint density at radius 1 is 1.31 bits per heavy atom. The Morgan fingerprint density at radius 2 is 2.00 bits per heavy atom. The fourth-order valence-electron chi connectivity index (χ4n) is 2.98. The number of likely N-dealkylation sites (N-methyl/N-ethyl adjacent to an activating group) is 1. The molecule has 1 fully saturated rings. The first kappa shape index (κ1) is 20.7. The summed E-state index contributed by atoms with van der Waals surface area (Å²) in [5, 5.41) is 2.66. The molecule has 1 heterocycles. The van der Waals surface area contributed by atoms with Gasteiger partial charge in [0.15, 0.2) is 0 Å². The van der Waals surface area contributed by atoms with E-state index in [1.807, 2.05) is 18.2 Å². The van der Waals surface area contributed by atoms with E-state index < -0.39 is 24.8 Å². The third-order valence-corrected chi connectivity index (χ3v) is 4.44. The second-order valence-corrected chi connectivity index (χ2v) is 6.58.